The maximum absolute atomic E-state index is 6.08. The molecule has 0 saturated heterocycles. The van der Waals surface area contributed by atoms with Gasteiger partial charge in [-0.25, -0.2) is 0 Å². The molecule has 16 heavy (non-hydrogen) atoms. The molecule has 0 aliphatic carbocycles. The standard InChI is InChI=1S/C13H12BrClO/c1-8-6-12(15)9(2)5-11(8)13(14)10-3-4-16-7-10/h3-7,13H,1-2H3. The first-order valence-corrected chi connectivity index (χ1v) is 6.31. The largest absolute Gasteiger partial charge is 0.472 e. The third-order valence-corrected chi connectivity index (χ3v) is 4.09. The Morgan fingerprint density at radius 1 is 1.25 bits per heavy atom. The highest BCUT2D eigenvalue weighted by atomic mass is 79.9. The number of hydrogen-bond donors (Lipinski definition) is 0. The fraction of sp³-hybridized carbons (Fsp3) is 0.231. The average molecular weight is 300 g/mol. The van der Waals surface area contributed by atoms with Crippen LogP contribution in [0.1, 0.15) is 27.1 Å². The van der Waals surface area contributed by atoms with E-state index in [9.17, 15) is 0 Å². The minimum absolute atomic E-state index is 0.155. The summed E-state index contributed by atoms with van der Waals surface area (Å²) >= 11 is 9.76. The highest BCUT2D eigenvalue weighted by Gasteiger charge is 2.15. The van der Waals surface area contributed by atoms with E-state index in [1.807, 2.05) is 19.1 Å². The van der Waals surface area contributed by atoms with Crippen LogP contribution in [0.2, 0.25) is 5.02 Å². The van der Waals surface area contributed by atoms with Crippen LogP contribution >= 0.6 is 27.5 Å². The molecule has 84 valence electrons. The molecule has 1 atom stereocenters. The van der Waals surface area contributed by atoms with Gasteiger partial charge in [0.2, 0.25) is 0 Å². The molecule has 0 aliphatic heterocycles. The Morgan fingerprint density at radius 2 is 2.00 bits per heavy atom. The van der Waals surface area contributed by atoms with Crippen LogP contribution in [-0.4, -0.2) is 0 Å². The summed E-state index contributed by atoms with van der Waals surface area (Å²) in [6.07, 6.45) is 3.44. The first kappa shape index (κ1) is 11.7. The lowest BCUT2D eigenvalue weighted by molar-refractivity contribution is 0.564. The van der Waals surface area contributed by atoms with Gasteiger partial charge in [-0.15, -0.1) is 0 Å². The predicted molar refractivity (Wildman–Crippen MR) is 70.4 cm³/mol. The quantitative estimate of drug-likeness (QED) is 0.709. The van der Waals surface area contributed by atoms with Gasteiger partial charge < -0.3 is 4.42 Å². The maximum atomic E-state index is 6.08. The van der Waals surface area contributed by atoms with Crippen LogP contribution in [-0.2, 0) is 0 Å². The first-order valence-electron chi connectivity index (χ1n) is 5.02. The van der Waals surface area contributed by atoms with Crippen LogP contribution in [0.3, 0.4) is 0 Å². The number of halogens is 2. The smallest absolute Gasteiger partial charge is 0.0949 e. The summed E-state index contributed by atoms with van der Waals surface area (Å²) in [4.78, 5) is 0.155. The second-order valence-corrected chi connectivity index (χ2v) is 5.20. The molecule has 0 saturated carbocycles. The van der Waals surface area contributed by atoms with Crippen LogP contribution < -0.4 is 0 Å². The molecule has 0 fully saturated rings. The van der Waals surface area contributed by atoms with Crippen molar-refractivity contribution >= 4 is 27.5 Å². The van der Waals surface area contributed by atoms with Gasteiger partial charge >= 0.3 is 0 Å². The van der Waals surface area contributed by atoms with Crippen molar-refractivity contribution < 1.29 is 4.42 Å². The number of rotatable bonds is 2. The zero-order valence-electron chi connectivity index (χ0n) is 9.13. The van der Waals surface area contributed by atoms with Crippen LogP contribution in [0, 0.1) is 13.8 Å². The Hall–Kier alpha value is -0.730. The number of furan rings is 1. The van der Waals surface area contributed by atoms with Crippen molar-refractivity contribution in [1.29, 1.82) is 0 Å². The van der Waals surface area contributed by atoms with Gasteiger partial charge in [-0.2, -0.15) is 0 Å². The van der Waals surface area contributed by atoms with Crippen LogP contribution in [0.5, 0.6) is 0 Å². The van der Waals surface area contributed by atoms with E-state index in [0.29, 0.717) is 0 Å². The Kier molecular flexibility index (Phi) is 3.41. The molecule has 1 unspecified atom stereocenters. The summed E-state index contributed by atoms with van der Waals surface area (Å²) in [7, 11) is 0. The van der Waals surface area contributed by atoms with Gasteiger partial charge in [-0.05, 0) is 42.7 Å². The molecular weight excluding hydrogens is 287 g/mol. The van der Waals surface area contributed by atoms with Crippen molar-refractivity contribution in [3.63, 3.8) is 0 Å². The van der Waals surface area contributed by atoms with E-state index in [1.165, 1.54) is 11.1 Å². The molecule has 1 heterocycles. The van der Waals surface area contributed by atoms with E-state index in [1.54, 1.807) is 12.5 Å². The summed E-state index contributed by atoms with van der Waals surface area (Å²) < 4.78 is 5.09. The lowest BCUT2D eigenvalue weighted by atomic mass is 10.00. The first-order chi connectivity index (χ1) is 7.59. The van der Waals surface area contributed by atoms with E-state index < -0.39 is 0 Å². The third kappa shape index (κ3) is 2.18. The van der Waals surface area contributed by atoms with Gasteiger partial charge in [0.25, 0.3) is 0 Å². The zero-order valence-corrected chi connectivity index (χ0v) is 11.5. The molecule has 0 amide bonds. The second kappa shape index (κ2) is 4.64. The Morgan fingerprint density at radius 3 is 2.62 bits per heavy atom. The molecule has 2 rings (SSSR count). The molecule has 0 spiro atoms. The minimum atomic E-state index is 0.155. The highest BCUT2D eigenvalue weighted by molar-refractivity contribution is 9.09. The lowest BCUT2D eigenvalue weighted by Crippen LogP contribution is -1.95. The molecule has 1 aromatic heterocycles. The fourth-order valence-corrected chi connectivity index (χ4v) is 2.65. The van der Waals surface area contributed by atoms with Crippen molar-refractivity contribution in [1.82, 2.24) is 0 Å². The summed E-state index contributed by atoms with van der Waals surface area (Å²) in [5.74, 6) is 0. The normalized spacial score (nSPS) is 12.8. The van der Waals surface area contributed by atoms with Crippen molar-refractivity contribution in [3.8, 4) is 0 Å². The molecule has 1 aromatic carbocycles. The number of alkyl halides is 1. The average Bonchev–Trinajstić information content (AvgIpc) is 2.75. The van der Waals surface area contributed by atoms with E-state index in [2.05, 4.69) is 28.9 Å². The fourth-order valence-electron chi connectivity index (χ4n) is 1.68. The van der Waals surface area contributed by atoms with Crippen molar-refractivity contribution in [2.24, 2.45) is 0 Å². The van der Waals surface area contributed by atoms with Gasteiger partial charge in [0.1, 0.15) is 0 Å². The Balaban J connectivity index is 2.44. The van der Waals surface area contributed by atoms with Gasteiger partial charge in [-0.1, -0.05) is 33.6 Å². The summed E-state index contributed by atoms with van der Waals surface area (Å²) in [5.41, 5.74) is 4.61. The molecule has 0 N–H and O–H groups in total. The monoisotopic (exact) mass is 298 g/mol. The van der Waals surface area contributed by atoms with Gasteiger partial charge in [-0.3, -0.25) is 0 Å². The SMILES string of the molecule is Cc1cc(C(Br)c2ccoc2)c(C)cc1Cl. The zero-order chi connectivity index (χ0) is 11.7. The Bertz CT molecular complexity index is 491. The minimum Gasteiger partial charge on any atom is -0.472 e. The topological polar surface area (TPSA) is 13.1 Å². The van der Waals surface area contributed by atoms with E-state index in [0.717, 1.165) is 16.1 Å². The highest BCUT2D eigenvalue weighted by Crippen LogP contribution is 2.35. The van der Waals surface area contributed by atoms with Crippen molar-refractivity contribution in [2.45, 2.75) is 18.7 Å². The van der Waals surface area contributed by atoms with E-state index in [-0.39, 0.29) is 4.83 Å². The molecule has 0 radical (unpaired) electrons. The molecule has 0 bridgehead atoms. The number of benzene rings is 1. The van der Waals surface area contributed by atoms with E-state index in [4.69, 9.17) is 16.0 Å². The van der Waals surface area contributed by atoms with Crippen molar-refractivity contribution in [2.75, 3.05) is 0 Å². The van der Waals surface area contributed by atoms with Crippen LogP contribution in [0.4, 0.5) is 0 Å². The van der Waals surface area contributed by atoms with Crippen LogP contribution in [0.25, 0.3) is 0 Å². The number of aryl methyl sites for hydroxylation is 2. The maximum Gasteiger partial charge on any atom is 0.0949 e. The molecule has 0 aliphatic rings. The summed E-state index contributed by atoms with van der Waals surface area (Å²) in [6, 6.07) is 6.08. The molecular formula is C13H12BrClO. The van der Waals surface area contributed by atoms with Gasteiger partial charge in [0, 0.05) is 10.6 Å². The lowest BCUT2D eigenvalue weighted by Gasteiger charge is -2.13. The van der Waals surface area contributed by atoms with Crippen molar-refractivity contribution in [3.05, 3.63) is 58.0 Å². The Labute approximate surface area is 109 Å². The molecule has 2 aromatic rings. The number of hydrogen-bond acceptors (Lipinski definition) is 1. The summed E-state index contributed by atoms with van der Waals surface area (Å²) in [5, 5.41) is 0.813. The third-order valence-electron chi connectivity index (χ3n) is 2.66. The summed E-state index contributed by atoms with van der Waals surface area (Å²) in [6.45, 7) is 4.08. The second-order valence-electron chi connectivity index (χ2n) is 3.88. The molecule has 1 nitrogen and oxygen atoms in total. The van der Waals surface area contributed by atoms with E-state index >= 15 is 0 Å². The predicted octanol–water partition coefficient (Wildman–Crippen LogP) is 5.03. The molecule has 3 heteroatoms. The van der Waals surface area contributed by atoms with Gasteiger partial charge in [0.15, 0.2) is 0 Å². The van der Waals surface area contributed by atoms with Gasteiger partial charge in [0.05, 0.1) is 17.4 Å². The van der Waals surface area contributed by atoms with Crippen LogP contribution in [0.15, 0.2) is 35.1 Å².